The number of aromatic nitrogens is 1. The maximum atomic E-state index is 13.1. The van der Waals surface area contributed by atoms with Gasteiger partial charge in [-0.15, -0.1) is 0 Å². The number of aromatic amines is 1. The number of carbonyl (C=O) groups is 1. The quantitative estimate of drug-likeness (QED) is 0.495. The van der Waals surface area contributed by atoms with Gasteiger partial charge in [0.05, 0.1) is 13.7 Å². The molecule has 0 amide bonds. The number of phenols is 1. The van der Waals surface area contributed by atoms with Gasteiger partial charge in [0.15, 0.2) is 0 Å². The SMILES string of the molecule is COc1cc(C)c2[nH]ccc2c1CN1CCN(CC(F)F)CC1c1ccc(C(=O)O)c(O)c1. The largest absolute Gasteiger partial charge is 0.507 e. The van der Waals surface area contributed by atoms with E-state index in [0.29, 0.717) is 31.7 Å². The first-order valence-corrected chi connectivity index (χ1v) is 10.7. The minimum Gasteiger partial charge on any atom is -0.507 e. The molecule has 7 nitrogen and oxygen atoms in total. The summed E-state index contributed by atoms with van der Waals surface area (Å²) in [6.45, 7) is 3.52. The molecule has 1 unspecified atom stereocenters. The van der Waals surface area contributed by atoms with Crippen LogP contribution in [-0.2, 0) is 6.54 Å². The Morgan fingerprint density at radius 3 is 2.73 bits per heavy atom. The number of carboxylic acids is 1. The van der Waals surface area contributed by atoms with E-state index in [-0.39, 0.29) is 23.9 Å². The Bertz CT molecular complexity index is 1160. The summed E-state index contributed by atoms with van der Waals surface area (Å²) >= 11 is 0. The van der Waals surface area contributed by atoms with Crippen LogP contribution in [-0.4, -0.2) is 70.7 Å². The van der Waals surface area contributed by atoms with Crippen molar-refractivity contribution in [1.29, 1.82) is 0 Å². The molecule has 1 saturated heterocycles. The third kappa shape index (κ3) is 4.65. The summed E-state index contributed by atoms with van der Waals surface area (Å²) in [5.74, 6) is -0.817. The van der Waals surface area contributed by atoms with Crippen molar-refractivity contribution in [2.75, 3.05) is 33.3 Å². The molecule has 1 atom stereocenters. The Morgan fingerprint density at radius 2 is 2.06 bits per heavy atom. The molecule has 3 N–H and O–H groups in total. The number of hydrogen-bond donors (Lipinski definition) is 3. The molecule has 0 saturated carbocycles. The Hall–Kier alpha value is -3.17. The van der Waals surface area contributed by atoms with Crippen LogP contribution in [0.5, 0.6) is 11.5 Å². The van der Waals surface area contributed by atoms with E-state index in [1.807, 2.05) is 25.3 Å². The fourth-order valence-electron chi connectivity index (χ4n) is 4.66. The highest BCUT2D eigenvalue weighted by molar-refractivity contribution is 5.91. The zero-order valence-electron chi connectivity index (χ0n) is 18.5. The number of nitrogens with zero attached hydrogens (tertiary/aromatic N) is 2. The van der Waals surface area contributed by atoms with Gasteiger partial charge in [0.1, 0.15) is 17.1 Å². The standard InChI is InChI=1S/C24H27F2N3O4/c1-14-9-21(33-2)18(16-5-6-27-23(14)16)11-29-8-7-28(13-22(25)26)12-19(29)15-3-4-17(24(31)32)20(30)10-15/h3-6,9-10,19,22,27,30H,7-8,11-13H2,1-2H3,(H,31,32). The monoisotopic (exact) mass is 459 g/mol. The van der Waals surface area contributed by atoms with Crippen molar-refractivity contribution < 1.29 is 28.5 Å². The lowest BCUT2D eigenvalue weighted by molar-refractivity contribution is 0.0245. The summed E-state index contributed by atoms with van der Waals surface area (Å²) in [6, 6.07) is 8.08. The van der Waals surface area contributed by atoms with Crippen LogP contribution in [0, 0.1) is 6.92 Å². The number of nitrogens with one attached hydrogen (secondary N) is 1. The number of aromatic carboxylic acids is 1. The molecule has 0 spiro atoms. The summed E-state index contributed by atoms with van der Waals surface area (Å²) in [5.41, 5.74) is 3.54. The summed E-state index contributed by atoms with van der Waals surface area (Å²) in [7, 11) is 1.62. The summed E-state index contributed by atoms with van der Waals surface area (Å²) < 4.78 is 31.9. The minimum absolute atomic E-state index is 0.195. The Labute approximate surface area is 190 Å². The van der Waals surface area contributed by atoms with E-state index in [4.69, 9.17) is 4.74 Å². The number of H-pyrrole nitrogens is 1. The molecule has 1 aromatic heterocycles. The molecule has 1 fully saturated rings. The first kappa shape index (κ1) is 23.0. The van der Waals surface area contributed by atoms with Gasteiger partial charge in [-0.2, -0.15) is 0 Å². The number of methoxy groups -OCH3 is 1. The van der Waals surface area contributed by atoms with Crippen LogP contribution in [0.25, 0.3) is 10.9 Å². The molecule has 0 radical (unpaired) electrons. The molecule has 2 aromatic carbocycles. The number of rotatable bonds is 7. The van der Waals surface area contributed by atoms with Gasteiger partial charge in [0.2, 0.25) is 0 Å². The normalized spacial score (nSPS) is 17.7. The van der Waals surface area contributed by atoms with E-state index in [9.17, 15) is 23.8 Å². The van der Waals surface area contributed by atoms with Crippen molar-refractivity contribution in [1.82, 2.24) is 14.8 Å². The first-order valence-electron chi connectivity index (χ1n) is 10.7. The number of alkyl halides is 2. The van der Waals surface area contributed by atoms with Gasteiger partial charge in [0, 0.05) is 54.9 Å². The lowest BCUT2D eigenvalue weighted by atomic mass is 9.98. The first-order chi connectivity index (χ1) is 15.8. The van der Waals surface area contributed by atoms with Gasteiger partial charge in [0.25, 0.3) is 6.43 Å². The summed E-state index contributed by atoms with van der Waals surface area (Å²) in [5, 5.41) is 20.5. The molecule has 3 aromatic rings. The molecule has 9 heteroatoms. The van der Waals surface area contributed by atoms with E-state index in [1.54, 1.807) is 18.1 Å². The Balaban J connectivity index is 1.71. The second-order valence-corrected chi connectivity index (χ2v) is 8.36. The number of benzene rings is 2. The molecule has 0 aliphatic carbocycles. The molecule has 1 aliphatic heterocycles. The fourth-order valence-corrected chi connectivity index (χ4v) is 4.66. The maximum Gasteiger partial charge on any atom is 0.339 e. The van der Waals surface area contributed by atoms with Gasteiger partial charge in [-0.3, -0.25) is 9.80 Å². The van der Waals surface area contributed by atoms with E-state index >= 15 is 0 Å². The van der Waals surface area contributed by atoms with Crippen molar-refractivity contribution in [3.63, 3.8) is 0 Å². The second-order valence-electron chi connectivity index (χ2n) is 8.36. The predicted molar refractivity (Wildman–Crippen MR) is 120 cm³/mol. The molecule has 4 rings (SSSR count). The van der Waals surface area contributed by atoms with Crippen LogP contribution >= 0.6 is 0 Å². The fraction of sp³-hybridized carbons (Fsp3) is 0.375. The van der Waals surface area contributed by atoms with Crippen LogP contribution in [0.1, 0.15) is 33.1 Å². The lowest BCUT2D eigenvalue weighted by Gasteiger charge is -2.42. The van der Waals surface area contributed by atoms with Crippen LogP contribution in [0.3, 0.4) is 0 Å². The minimum atomic E-state index is -2.45. The topological polar surface area (TPSA) is 89.0 Å². The van der Waals surface area contributed by atoms with E-state index in [2.05, 4.69) is 9.88 Å². The zero-order valence-corrected chi connectivity index (χ0v) is 18.5. The van der Waals surface area contributed by atoms with Crippen molar-refractivity contribution in [2.45, 2.75) is 25.9 Å². The zero-order chi connectivity index (χ0) is 23.7. The van der Waals surface area contributed by atoms with Crippen LogP contribution in [0.15, 0.2) is 36.5 Å². The number of aromatic hydroxyl groups is 1. The number of fused-ring (bicyclic) bond motifs is 1. The van der Waals surface area contributed by atoms with E-state index in [0.717, 1.165) is 27.8 Å². The molecule has 33 heavy (non-hydrogen) atoms. The van der Waals surface area contributed by atoms with Gasteiger partial charge in [-0.1, -0.05) is 6.07 Å². The summed E-state index contributed by atoms with van der Waals surface area (Å²) in [6.07, 6.45) is -0.571. The summed E-state index contributed by atoms with van der Waals surface area (Å²) in [4.78, 5) is 18.4. The van der Waals surface area contributed by atoms with Gasteiger partial charge in [-0.25, -0.2) is 13.6 Å². The number of hydrogen-bond acceptors (Lipinski definition) is 5. The third-order valence-electron chi connectivity index (χ3n) is 6.30. The molecule has 2 heterocycles. The maximum absolute atomic E-state index is 13.1. The molecule has 176 valence electrons. The molecular formula is C24H27F2N3O4. The lowest BCUT2D eigenvalue weighted by Crippen LogP contribution is -2.49. The average Bonchev–Trinajstić information content (AvgIpc) is 3.26. The van der Waals surface area contributed by atoms with Gasteiger partial charge >= 0.3 is 5.97 Å². The number of halogens is 2. The highest BCUT2D eigenvalue weighted by Crippen LogP contribution is 2.36. The molecule has 0 bridgehead atoms. The highest BCUT2D eigenvalue weighted by Gasteiger charge is 2.31. The van der Waals surface area contributed by atoms with Crippen molar-refractivity contribution in [3.05, 3.63) is 58.8 Å². The van der Waals surface area contributed by atoms with Gasteiger partial charge < -0.3 is 19.9 Å². The van der Waals surface area contributed by atoms with Crippen LogP contribution in [0.4, 0.5) is 8.78 Å². The average molecular weight is 459 g/mol. The Kier molecular flexibility index (Phi) is 6.53. The number of piperazine rings is 1. The van der Waals surface area contributed by atoms with Crippen molar-refractivity contribution in [2.24, 2.45) is 0 Å². The van der Waals surface area contributed by atoms with Crippen LogP contribution in [0.2, 0.25) is 0 Å². The number of aryl methyl sites for hydroxylation is 1. The van der Waals surface area contributed by atoms with E-state index < -0.39 is 12.4 Å². The van der Waals surface area contributed by atoms with Crippen LogP contribution < -0.4 is 4.74 Å². The Morgan fingerprint density at radius 1 is 1.27 bits per heavy atom. The third-order valence-corrected chi connectivity index (χ3v) is 6.30. The van der Waals surface area contributed by atoms with Crippen molar-refractivity contribution in [3.8, 4) is 11.5 Å². The predicted octanol–water partition coefficient (Wildman–Crippen LogP) is 4.01. The molecule has 1 aliphatic rings. The van der Waals surface area contributed by atoms with Gasteiger partial charge in [-0.05, 0) is 42.3 Å². The molecular weight excluding hydrogens is 432 g/mol. The smallest absolute Gasteiger partial charge is 0.339 e. The van der Waals surface area contributed by atoms with E-state index in [1.165, 1.54) is 12.1 Å². The second kappa shape index (κ2) is 9.36. The van der Waals surface area contributed by atoms with Crippen molar-refractivity contribution >= 4 is 16.9 Å². The number of carboxylic acid groups (broad SMARTS) is 1. The highest BCUT2D eigenvalue weighted by atomic mass is 19.3. The number of ether oxygens (including phenoxy) is 1.